The van der Waals surface area contributed by atoms with Gasteiger partial charge in [-0.05, 0) is 79.1 Å². The van der Waals surface area contributed by atoms with Gasteiger partial charge in [-0.1, -0.05) is 36.4 Å². The average molecular weight is 523 g/mol. The Balaban J connectivity index is 1.30. The van der Waals surface area contributed by atoms with E-state index in [1.165, 1.54) is 30.5 Å². The van der Waals surface area contributed by atoms with Crippen molar-refractivity contribution in [2.75, 3.05) is 13.1 Å². The van der Waals surface area contributed by atoms with Crippen molar-refractivity contribution < 1.29 is 19.3 Å². The number of ether oxygens (including phenoxy) is 1. The summed E-state index contributed by atoms with van der Waals surface area (Å²) < 4.78 is 22.9. The number of para-hydroxylation sites is 1. The zero-order valence-electron chi connectivity index (χ0n) is 21.7. The number of fused-ring (bicyclic) bond motifs is 4. The van der Waals surface area contributed by atoms with Crippen molar-refractivity contribution in [3.05, 3.63) is 94.4 Å². The standard InChI is InChI=1S/C33H31FN2O3/c34-22-10-7-20(8-11-22)18-36-25-4-2-1-3-23(25)24-16-33(38)27-15-21-9-12-26(37)30-28(21)32(33,31(39-30)29(24)36)13-14-35(27)17-19-5-6-19/h1-4,7-12,19,27,31,37-38H,5-6,13-18H2/t27-,31+,32+,33-/m1/s1. The molecule has 3 heterocycles. The van der Waals surface area contributed by atoms with Gasteiger partial charge in [0, 0.05) is 42.0 Å². The van der Waals surface area contributed by atoms with Crippen molar-refractivity contribution >= 4 is 10.9 Å². The molecule has 6 heteroatoms. The number of benzene rings is 3. The lowest BCUT2D eigenvalue weighted by Crippen LogP contribution is -2.74. The van der Waals surface area contributed by atoms with Crippen molar-refractivity contribution in [3.63, 3.8) is 0 Å². The molecule has 0 unspecified atom stereocenters. The van der Waals surface area contributed by atoms with Gasteiger partial charge in [-0.2, -0.15) is 0 Å². The van der Waals surface area contributed by atoms with E-state index in [0.29, 0.717) is 18.7 Å². The second-order valence-corrected chi connectivity index (χ2v) is 12.5. The SMILES string of the molecule is Oc1ccc2c3c1O[C@H]1c4c(c5ccccc5n4Cc4ccc(F)cc4)C[C@@]4(O)[C@@H](C2)N(CC2CC2)CC[C@]314. The summed E-state index contributed by atoms with van der Waals surface area (Å²) in [5, 5.41) is 25.3. The number of halogens is 1. The van der Waals surface area contributed by atoms with Gasteiger partial charge in [0.15, 0.2) is 17.6 Å². The molecule has 1 saturated heterocycles. The first-order valence-corrected chi connectivity index (χ1v) is 14.3. The quantitative estimate of drug-likeness (QED) is 0.385. The lowest BCUT2D eigenvalue weighted by atomic mass is 9.49. The number of aliphatic hydroxyl groups is 1. The van der Waals surface area contributed by atoms with Crippen molar-refractivity contribution in [1.29, 1.82) is 0 Å². The van der Waals surface area contributed by atoms with Gasteiger partial charge < -0.3 is 19.5 Å². The molecule has 1 saturated carbocycles. The summed E-state index contributed by atoms with van der Waals surface area (Å²) in [6.45, 7) is 2.55. The highest BCUT2D eigenvalue weighted by Crippen LogP contribution is 2.69. The minimum Gasteiger partial charge on any atom is -0.504 e. The maximum atomic E-state index is 13.8. The molecule has 0 radical (unpaired) electrons. The first-order valence-electron chi connectivity index (χ1n) is 14.3. The van der Waals surface area contributed by atoms with Crippen LogP contribution in [0.2, 0.25) is 0 Å². The second kappa shape index (κ2) is 7.43. The lowest BCUT2D eigenvalue weighted by Gasteiger charge is -2.63. The molecule has 3 aromatic carbocycles. The van der Waals surface area contributed by atoms with Crippen LogP contribution >= 0.6 is 0 Å². The lowest BCUT2D eigenvalue weighted by molar-refractivity contribution is -0.173. The Kier molecular flexibility index (Phi) is 4.28. The predicted molar refractivity (Wildman–Crippen MR) is 146 cm³/mol. The Morgan fingerprint density at radius 3 is 2.67 bits per heavy atom. The monoisotopic (exact) mass is 522 g/mol. The summed E-state index contributed by atoms with van der Waals surface area (Å²) in [7, 11) is 0. The van der Waals surface area contributed by atoms with Crippen molar-refractivity contribution in [2.24, 2.45) is 5.92 Å². The average Bonchev–Trinajstić information content (AvgIpc) is 3.61. The summed E-state index contributed by atoms with van der Waals surface area (Å²) in [6, 6.07) is 18.9. The molecule has 0 amide bonds. The molecule has 9 rings (SSSR count). The number of piperidine rings is 1. The molecule has 2 fully saturated rings. The Morgan fingerprint density at radius 1 is 1.03 bits per heavy atom. The molecule has 4 atom stereocenters. The van der Waals surface area contributed by atoms with Gasteiger partial charge in [-0.15, -0.1) is 0 Å². The van der Waals surface area contributed by atoms with E-state index in [1.54, 1.807) is 6.07 Å². The molecule has 198 valence electrons. The zero-order valence-corrected chi connectivity index (χ0v) is 21.7. The highest BCUT2D eigenvalue weighted by molar-refractivity contribution is 5.87. The Bertz CT molecular complexity index is 1670. The predicted octanol–water partition coefficient (Wildman–Crippen LogP) is 5.23. The number of hydrogen-bond donors (Lipinski definition) is 2. The molecule has 39 heavy (non-hydrogen) atoms. The minimum absolute atomic E-state index is 0.00769. The van der Waals surface area contributed by atoms with Gasteiger partial charge in [0.2, 0.25) is 0 Å². The van der Waals surface area contributed by atoms with Gasteiger partial charge in [0.1, 0.15) is 5.82 Å². The first kappa shape index (κ1) is 22.5. The molecule has 1 aromatic heterocycles. The third-order valence-electron chi connectivity index (χ3n) is 10.6. The van der Waals surface area contributed by atoms with Crippen LogP contribution in [0, 0.1) is 11.7 Å². The second-order valence-electron chi connectivity index (χ2n) is 12.5. The fourth-order valence-corrected chi connectivity index (χ4v) is 8.75. The number of nitrogens with zero attached hydrogens (tertiary/aromatic N) is 2. The summed E-state index contributed by atoms with van der Waals surface area (Å²) in [4.78, 5) is 2.57. The smallest absolute Gasteiger partial charge is 0.166 e. The van der Waals surface area contributed by atoms with Crippen LogP contribution in [0.1, 0.15) is 53.3 Å². The summed E-state index contributed by atoms with van der Waals surface area (Å²) in [5.74, 6) is 1.20. The minimum atomic E-state index is -1.01. The van der Waals surface area contributed by atoms with Crippen LogP contribution < -0.4 is 4.74 Å². The Labute approximate surface area is 226 Å². The van der Waals surface area contributed by atoms with Gasteiger partial charge >= 0.3 is 0 Å². The van der Waals surface area contributed by atoms with E-state index in [4.69, 9.17) is 4.74 Å². The first-order chi connectivity index (χ1) is 19.0. The van der Waals surface area contributed by atoms with Gasteiger partial charge in [0.05, 0.1) is 16.7 Å². The van der Waals surface area contributed by atoms with Crippen LogP contribution in [0.3, 0.4) is 0 Å². The van der Waals surface area contributed by atoms with E-state index in [9.17, 15) is 14.6 Å². The molecular weight excluding hydrogens is 491 g/mol. The highest BCUT2D eigenvalue weighted by atomic mass is 19.1. The Hall–Kier alpha value is -3.35. The van der Waals surface area contributed by atoms with Crippen LogP contribution in [0.15, 0.2) is 60.7 Å². The highest BCUT2D eigenvalue weighted by Gasteiger charge is 2.73. The van der Waals surface area contributed by atoms with Gasteiger partial charge in [-0.3, -0.25) is 4.90 Å². The number of aromatic nitrogens is 1. The third kappa shape index (κ3) is 2.76. The van der Waals surface area contributed by atoms with E-state index >= 15 is 0 Å². The Morgan fingerprint density at radius 2 is 1.85 bits per heavy atom. The van der Waals surface area contributed by atoms with Crippen LogP contribution in [0.5, 0.6) is 11.5 Å². The number of phenols is 1. The largest absolute Gasteiger partial charge is 0.504 e. The molecule has 5 nitrogen and oxygen atoms in total. The zero-order chi connectivity index (χ0) is 26.1. The number of aromatic hydroxyl groups is 1. The molecular formula is C33H31FN2O3. The summed E-state index contributed by atoms with van der Waals surface area (Å²) >= 11 is 0. The fourth-order valence-electron chi connectivity index (χ4n) is 8.75. The van der Waals surface area contributed by atoms with E-state index in [2.05, 4.69) is 39.8 Å². The molecule has 2 N–H and O–H groups in total. The normalized spacial score (nSPS) is 30.2. The molecule has 1 spiro atoms. The van der Waals surface area contributed by atoms with E-state index in [1.807, 2.05) is 12.1 Å². The number of rotatable bonds is 4. The summed E-state index contributed by atoms with van der Waals surface area (Å²) in [5.41, 5.74) is 4.94. The topological polar surface area (TPSA) is 57.9 Å². The number of likely N-dealkylation sites (tertiary alicyclic amines) is 1. The van der Waals surface area contributed by atoms with Crippen LogP contribution in [0.25, 0.3) is 10.9 Å². The summed E-state index contributed by atoms with van der Waals surface area (Å²) in [6.07, 6.45) is 4.28. The fraction of sp³-hybridized carbons (Fsp3) is 0.394. The third-order valence-corrected chi connectivity index (χ3v) is 10.6. The van der Waals surface area contributed by atoms with Crippen molar-refractivity contribution in [2.45, 2.75) is 61.8 Å². The van der Waals surface area contributed by atoms with Gasteiger partial charge in [-0.25, -0.2) is 4.39 Å². The van der Waals surface area contributed by atoms with E-state index < -0.39 is 17.1 Å². The van der Waals surface area contributed by atoms with Crippen molar-refractivity contribution in [1.82, 2.24) is 9.47 Å². The molecule has 2 bridgehead atoms. The van der Waals surface area contributed by atoms with Crippen molar-refractivity contribution in [3.8, 4) is 11.5 Å². The van der Waals surface area contributed by atoms with Gasteiger partial charge in [0.25, 0.3) is 0 Å². The molecule has 4 aromatic rings. The van der Waals surface area contributed by atoms with Crippen LogP contribution in [-0.4, -0.2) is 44.4 Å². The van der Waals surface area contributed by atoms with Crippen LogP contribution in [-0.2, 0) is 24.8 Å². The maximum absolute atomic E-state index is 13.8. The van der Waals surface area contributed by atoms with E-state index in [-0.39, 0.29) is 17.6 Å². The number of hydrogen-bond acceptors (Lipinski definition) is 4. The molecule has 3 aliphatic carbocycles. The maximum Gasteiger partial charge on any atom is 0.166 e. The molecule has 2 aliphatic heterocycles. The van der Waals surface area contributed by atoms with Crippen LogP contribution in [0.4, 0.5) is 4.39 Å². The number of phenolic OH excluding ortho intramolecular Hbond substituents is 1. The molecule has 5 aliphatic rings. The van der Waals surface area contributed by atoms with E-state index in [0.717, 1.165) is 65.1 Å².